The molecule has 13 heavy (non-hydrogen) atoms. The van der Waals surface area contributed by atoms with E-state index in [0.29, 0.717) is 17.3 Å². The van der Waals surface area contributed by atoms with E-state index in [1.165, 1.54) is 0 Å². The molecule has 1 aliphatic rings. The Bertz CT molecular complexity index is 441. The van der Waals surface area contributed by atoms with E-state index in [4.69, 9.17) is 11.6 Å². The lowest BCUT2D eigenvalue weighted by molar-refractivity contribution is 0.589. The maximum absolute atomic E-state index is 11.4. The first-order valence-electron chi connectivity index (χ1n) is 3.81. The van der Waals surface area contributed by atoms with Crippen LogP contribution in [0.25, 0.3) is 0 Å². The zero-order valence-corrected chi connectivity index (χ0v) is 8.32. The van der Waals surface area contributed by atoms with Crippen molar-refractivity contribution >= 4 is 21.6 Å². The summed E-state index contributed by atoms with van der Waals surface area (Å²) < 4.78 is 25.2. The van der Waals surface area contributed by atoms with Gasteiger partial charge in [-0.3, -0.25) is 0 Å². The number of fused-ring (bicyclic) bond motifs is 1. The van der Waals surface area contributed by atoms with Crippen LogP contribution in [0, 0.1) is 0 Å². The van der Waals surface area contributed by atoms with Crippen molar-refractivity contribution in [3.8, 4) is 0 Å². The normalized spacial score (nSPS) is 18.5. The Balaban J connectivity index is 2.63. The summed E-state index contributed by atoms with van der Waals surface area (Å²) in [4.78, 5) is 0.366. The molecule has 0 saturated heterocycles. The standard InChI is InChI=1S/C8H8ClNO2S/c9-4-6-1-2-7-5-10-13(11,12)8(7)3-6/h1-3,10H,4-5H2. The SMILES string of the molecule is O=S1(=O)NCc2ccc(CCl)cc21. The van der Waals surface area contributed by atoms with Gasteiger partial charge in [0.15, 0.2) is 0 Å². The Labute approximate surface area is 81.8 Å². The maximum atomic E-state index is 11.4. The van der Waals surface area contributed by atoms with Crippen molar-refractivity contribution in [2.75, 3.05) is 0 Å². The number of hydrogen-bond donors (Lipinski definition) is 1. The minimum Gasteiger partial charge on any atom is -0.207 e. The first-order valence-corrected chi connectivity index (χ1v) is 5.83. The number of rotatable bonds is 1. The van der Waals surface area contributed by atoms with Crippen LogP contribution in [0.5, 0.6) is 0 Å². The van der Waals surface area contributed by atoms with Crippen molar-refractivity contribution in [3.63, 3.8) is 0 Å². The highest BCUT2D eigenvalue weighted by Crippen LogP contribution is 2.23. The zero-order valence-electron chi connectivity index (χ0n) is 6.75. The molecule has 1 aromatic carbocycles. The van der Waals surface area contributed by atoms with Crippen molar-refractivity contribution in [2.24, 2.45) is 0 Å². The molecule has 0 saturated carbocycles. The minimum absolute atomic E-state index is 0.336. The molecule has 0 fully saturated rings. The number of benzene rings is 1. The Morgan fingerprint density at radius 1 is 1.46 bits per heavy atom. The second-order valence-corrected chi connectivity index (χ2v) is 4.90. The summed E-state index contributed by atoms with van der Waals surface area (Å²) in [7, 11) is -3.25. The molecule has 1 aromatic rings. The van der Waals surface area contributed by atoms with Crippen molar-refractivity contribution in [1.29, 1.82) is 0 Å². The lowest BCUT2D eigenvalue weighted by Crippen LogP contribution is -2.13. The molecular weight excluding hydrogens is 210 g/mol. The van der Waals surface area contributed by atoms with E-state index in [1.54, 1.807) is 12.1 Å². The largest absolute Gasteiger partial charge is 0.241 e. The zero-order chi connectivity index (χ0) is 9.47. The first-order chi connectivity index (χ1) is 6.13. The highest BCUT2D eigenvalue weighted by atomic mass is 35.5. The van der Waals surface area contributed by atoms with Crippen LogP contribution < -0.4 is 4.72 Å². The highest BCUT2D eigenvalue weighted by Gasteiger charge is 2.25. The highest BCUT2D eigenvalue weighted by molar-refractivity contribution is 7.89. The van der Waals surface area contributed by atoms with Gasteiger partial charge in [-0.1, -0.05) is 12.1 Å². The van der Waals surface area contributed by atoms with Gasteiger partial charge in [-0.05, 0) is 17.2 Å². The van der Waals surface area contributed by atoms with Crippen LogP contribution in [0.3, 0.4) is 0 Å². The van der Waals surface area contributed by atoms with Gasteiger partial charge in [-0.15, -0.1) is 11.6 Å². The second kappa shape index (κ2) is 2.97. The van der Waals surface area contributed by atoms with Crippen LogP contribution in [-0.4, -0.2) is 8.42 Å². The van der Waals surface area contributed by atoms with Gasteiger partial charge in [0.25, 0.3) is 0 Å². The fourth-order valence-corrected chi connectivity index (χ4v) is 2.79. The van der Waals surface area contributed by atoms with Crippen LogP contribution in [0.15, 0.2) is 23.1 Å². The van der Waals surface area contributed by atoms with Crippen LogP contribution in [0.1, 0.15) is 11.1 Å². The first kappa shape index (κ1) is 8.99. The molecule has 0 unspecified atom stereocenters. The number of halogens is 1. The molecule has 2 rings (SSSR count). The Hall–Kier alpha value is -0.580. The lowest BCUT2D eigenvalue weighted by Gasteiger charge is -1.99. The quantitative estimate of drug-likeness (QED) is 0.719. The van der Waals surface area contributed by atoms with E-state index in [-0.39, 0.29) is 0 Å². The summed E-state index contributed by atoms with van der Waals surface area (Å²) in [6.07, 6.45) is 0. The Kier molecular flexibility index (Phi) is 2.06. The van der Waals surface area contributed by atoms with Crippen LogP contribution in [0.4, 0.5) is 0 Å². The number of alkyl halides is 1. The van der Waals surface area contributed by atoms with E-state index in [2.05, 4.69) is 4.72 Å². The predicted octanol–water partition coefficient (Wildman–Crippen LogP) is 1.22. The summed E-state index contributed by atoms with van der Waals surface area (Å²) in [6.45, 7) is 0.389. The van der Waals surface area contributed by atoms with Crippen molar-refractivity contribution in [1.82, 2.24) is 4.72 Å². The third-order valence-corrected chi connectivity index (χ3v) is 3.82. The van der Waals surface area contributed by atoms with Gasteiger partial charge in [0.2, 0.25) is 10.0 Å². The smallest absolute Gasteiger partial charge is 0.207 e. The molecule has 70 valence electrons. The lowest BCUT2D eigenvalue weighted by atomic mass is 10.1. The van der Waals surface area contributed by atoms with Gasteiger partial charge in [-0.2, -0.15) is 0 Å². The molecular formula is C8H8ClNO2S. The van der Waals surface area contributed by atoms with E-state index in [0.717, 1.165) is 11.1 Å². The Morgan fingerprint density at radius 2 is 2.23 bits per heavy atom. The molecule has 0 radical (unpaired) electrons. The molecule has 1 heterocycles. The van der Waals surface area contributed by atoms with Crippen molar-refractivity contribution in [3.05, 3.63) is 29.3 Å². The third-order valence-electron chi connectivity index (χ3n) is 2.03. The molecule has 1 aliphatic heterocycles. The van der Waals surface area contributed by atoms with Crippen LogP contribution >= 0.6 is 11.6 Å². The molecule has 0 aliphatic carbocycles. The number of nitrogens with one attached hydrogen (secondary N) is 1. The van der Waals surface area contributed by atoms with Gasteiger partial charge in [0.05, 0.1) is 4.90 Å². The average Bonchev–Trinajstić information content (AvgIpc) is 2.42. The summed E-state index contributed by atoms with van der Waals surface area (Å²) in [5.74, 6) is 0.336. The predicted molar refractivity (Wildman–Crippen MR) is 50.0 cm³/mol. The maximum Gasteiger partial charge on any atom is 0.241 e. The van der Waals surface area contributed by atoms with E-state index in [9.17, 15) is 8.42 Å². The van der Waals surface area contributed by atoms with Crippen LogP contribution in [-0.2, 0) is 22.4 Å². The van der Waals surface area contributed by atoms with Gasteiger partial charge < -0.3 is 0 Å². The molecule has 0 bridgehead atoms. The van der Waals surface area contributed by atoms with Crippen molar-refractivity contribution in [2.45, 2.75) is 17.3 Å². The third kappa shape index (κ3) is 1.45. The number of hydrogen-bond acceptors (Lipinski definition) is 2. The molecule has 3 nitrogen and oxygen atoms in total. The van der Waals surface area contributed by atoms with Gasteiger partial charge in [0.1, 0.15) is 0 Å². The van der Waals surface area contributed by atoms with Gasteiger partial charge in [-0.25, -0.2) is 13.1 Å². The monoisotopic (exact) mass is 217 g/mol. The van der Waals surface area contributed by atoms with Gasteiger partial charge >= 0.3 is 0 Å². The Morgan fingerprint density at radius 3 is 2.92 bits per heavy atom. The van der Waals surface area contributed by atoms with E-state index in [1.807, 2.05) is 6.07 Å². The van der Waals surface area contributed by atoms with E-state index < -0.39 is 10.0 Å². The summed E-state index contributed by atoms with van der Waals surface area (Å²) >= 11 is 5.61. The molecule has 0 atom stereocenters. The van der Waals surface area contributed by atoms with Gasteiger partial charge in [0, 0.05) is 12.4 Å². The summed E-state index contributed by atoms with van der Waals surface area (Å²) in [6, 6.07) is 5.26. The minimum atomic E-state index is -3.25. The van der Waals surface area contributed by atoms with Crippen molar-refractivity contribution < 1.29 is 8.42 Å². The fourth-order valence-electron chi connectivity index (χ4n) is 1.33. The molecule has 0 amide bonds. The topological polar surface area (TPSA) is 46.2 Å². The molecule has 1 N–H and O–H groups in total. The summed E-state index contributed by atoms with van der Waals surface area (Å²) in [5, 5.41) is 0. The molecule has 0 spiro atoms. The summed E-state index contributed by atoms with van der Waals surface area (Å²) in [5.41, 5.74) is 1.64. The number of sulfonamides is 1. The molecule has 0 aromatic heterocycles. The molecule has 5 heteroatoms. The second-order valence-electron chi connectivity index (χ2n) is 2.90. The van der Waals surface area contributed by atoms with E-state index >= 15 is 0 Å². The van der Waals surface area contributed by atoms with Crippen LogP contribution in [0.2, 0.25) is 0 Å². The average molecular weight is 218 g/mol. The fraction of sp³-hybridized carbons (Fsp3) is 0.250.